The molecule has 11 aromatic rings. The molecule has 286 valence electrons. The summed E-state index contributed by atoms with van der Waals surface area (Å²) in [6.45, 7) is 0. The summed E-state index contributed by atoms with van der Waals surface area (Å²) in [6, 6.07) is 64.9. The van der Waals surface area contributed by atoms with Gasteiger partial charge in [-0.15, -0.1) is 0 Å². The molecule has 1 aliphatic carbocycles. The zero-order chi connectivity index (χ0) is 40.0. The van der Waals surface area contributed by atoms with Crippen molar-refractivity contribution >= 4 is 76.5 Å². The monoisotopic (exact) mass is 781 g/mol. The third-order valence-corrected chi connectivity index (χ3v) is 12.8. The van der Waals surface area contributed by atoms with Crippen LogP contribution in [-0.4, -0.2) is 15.6 Å². The Bertz CT molecular complexity index is 3660. The Kier molecular flexibility index (Phi) is 7.36. The number of hydrogen-bond acceptors (Lipinski definition) is 3. The first kappa shape index (κ1) is 33.9. The number of benzene rings is 9. The van der Waals surface area contributed by atoms with E-state index >= 15 is 0 Å². The molecule has 0 fully saturated rings. The molecule has 0 bridgehead atoms. The van der Waals surface area contributed by atoms with Gasteiger partial charge in [0.25, 0.3) is 6.33 Å². The third kappa shape index (κ3) is 5.20. The van der Waals surface area contributed by atoms with Crippen molar-refractivity contribution in [3.05, 3.63) is 218 Å². The number of para-hydroxylation sites is 3. The summed E-state index contributed by atoms with van der Waals surface area (Å²) in [5.41, 5.74) is 7.73. The van der Waals surface area contributed by atoms with Crippen molar-refractivity contribution in [3.8, 4) is 22.9 Å². The maximum atomic E-state index is 6.81. The number of hydrogen-bond donors (Lipinski definition) is 0. The Morgan fingerprint density at radius 1 is 0.525 bits per heavy atom. The quantitative estimate of drug-likeness (QED) is 0.129. The van der Waals surface area contributed by atoms with Crippen molar-refractivity contribution in [3.63, 3.8) is 0 Å². The topological polar surface area (TPSA) is 34.2 Å². The minimum Gasteiger partial charge on any atom is -0.457 e. The van der Waals surface area contributed by atoms with E-state index in [-0.39, 0.29) is 12.0 Å². The molecule has 0 radical (unpaired) electrons. The summed E-state index contributed by atoms with van der Waals surface area (Å²) in [5.74, 6) is 2.66. The van der Waals surface area contributed by atoms with Gasteiger partial charge in [-0.3, -0.25) is 0 Å². The van der Waals surface area contributed by atoms with E-state index in [1.54, 1.807) is 0 Å². The molecule has 5 heteroatoms. The number of nitrogens with zero attached hydrogens (tertiary/aromatic N) is 4. The van der Waals surface area contributed by atoms with Crippen LogP contribution in [0.3, 0.4) is 0 Å². The van der Waals surface area contributed by atoms with E-state index in [1.807, 2.05) is 6.07 Å². The number of rotatable bonds is 5. The standard InChI is InChI=1S/C56H37N4O/c1-2-15-39(16-3-1)58-35-59(51-24-11-10-23-50(51)58)40-17-12-18-41(33-40)61-42-29-31-46-45-21-8-9-22-49(45)60(52(46)34-42)56-47-30-27-37-14-5-7-20-44(37)54(47)55-48(57-56)32-28-38-26-25-36-13-4-6-19-43(36)53(38)55/h1-35,45,49H/q+1. The van der Waals surface area contributed by atoms with Gasteiger partial charge in [0.1, 0.15) is 28.7 Å². The molecule has 2 unspecified atom stereocenters. The lowest BCUT2D eigenvalue weighted by molar-refractivity contribution is -0.567. The predicted octanol–water partition coefficient (Wildman–Crippen LogP) is 13.6. The molecule has 5 nitrogen and oxygen atoms in total. The fraction of sp³-hybridized carbons (Fsp3) is 0.0357. The highest BCUT2D eigenvalue weighted by atomic mass is 16.5. The van der Waals surface area contributed by atoms with Crippen molar-refractivity contribution < 1.29 is 9.30 Å². The lowest BCUT2D eigenvalue weighted by atomic mass is 9.91. The number of pyridine rings is 1. The second-order valence-electron chi connectivity index (χ2n) is 16.1. The minimum absolute atomic E-state index is 0.0535. The van der Waals surface area contributed by atoms with Gasteiger partial charge in [0, 0.05) is 34.2 Å². The van der Waals surface area contributed by atoms with Crippen LogP contribution in [0.4, 0.5) is 11.5 Å². The lowest BCUT2D eigenvalue weighted by Crippen LogP contribution is -2.29. The molecule has 2 atom stereocenters. The van der Waals surface area contributed by atoms with Crippen molar-refractivity contribution in [2.24, 2.45) is 0 Å². The Morgan fingerprint density at radius 3 is 2.13 bits per heavy atom. The van der Waals surface area contributed by atoms with Crippen LogP contribution in [-0.2, 0) is 0 Å². The molecule has 0 saturated carbocycles. The van der Waals surface area contributed by atoms with Crippen molar-refractivity contribution in [2.75, 3.05) is 4.90 Å². The van der Waals surface area contributed by atoms with Crippen LogP contribution in [0.15, 0.2) is 213 Å². The van der Waals surface area contributed by atoms with E-state index in [1.165, 1.54) is 48.7 Å². The summed E-state index contributed by atoms with van der Waals surface area (Å²) < 4.78 is 11.3. The van der Waals surface area contributed by atoms with Gasteiger partial charge in [0.2, 0.25) is 0 Å². The Hall–Kier alpha value is -8.02. The van der Waals surface area contributed by atoms with Crippen LogP contribution < -0.4 is 14.2 Å². The van der Waals surface area contributed by atoms with Crippen molar-refractivity contribution in [1.82, 2.24) is 9.55 Å². The number of anilines is 2. The summed E-state index contributed by atoms with van der Waals surface area (Å²) in [6.07, 6.45) is 11.2. The number of ether oxygens (including phenoxy) is 1. The Morgan fingerprint density at radius 2 is 1.25 bits per heavy atom. The zero-order valence-corrected chi connectivity index (χ0v) is 33.1. The van der Waals surface area contributed by atoms with Crippen molar-refractivity contribution in [2.45, 2.75) is 12.0 Å². The molecule has 0 amide bonds. The molecular formula is C56H37N4O+. The maximum Gasteiger partial charge on any atom is 0.255 e. The average Bonchev–Trinajstić information content (AvgIpc) is 3.87. The highest BCUT2D eigenvalue weighted by Gasteiger charge is 2.39. The fourth-order valence-corrected chi connectivity index (χ4v) is 10.1. The van der Waals surface area contributed by atoms with Crippen LogP contribution in [0, 0.1) is 0 Å². The van der Waals surface area contributed by atoms with E-state index in [0.29, 0.717) is 0 Å². The van der Waals surface area contributed by atoms with Crippen molar-refractivity contribution in [1.29, 1.82) is 0 Å². The molecule has 0 N–H and O–H groups in total. The van der Waals surface area contributed by atoms with Gasteiger partial charge in [-0.2, -0.15) is 9.13 Å². The van der Waals surface area contributed by atoms with Gasteiger partial charge in [-0.25, -0.2) is 4.98 Å². The number of imidazole rings is 1. The smallest absolute Gasteiger partial charge is 0.255 e. The molecule has 2 aliphatic rings. The lowest BCUT2D eigenvalue weighted by Gasteiger charge is -2.29. The molecular weight excluding hydrogens is 745 g/mol. The number of aromatic nitrogens is 3. The molecule has 61 heavy (non-hydrogen) atoms. The van der Waals surface area contributed by atoms with Crippen LogP contribution >= 0.6 is 0 Å². The Balaban J connectivity index is 0.973. The molecule has 2 aromatic heterocycles. The molecule has 0 spiro atoms. The first-order valence-electron chi connectivity index (χ1n) is 20.9. The third-order valence-electron chi connectivity index (χ3n) is 12.8. The second-order valence-corrected chi connectivity index (χ2v) is 16.1. The largest absolute Gasteiger partial charge is 0.457 e. The first-order valence-corrected chi connectivity index (χ1v) is 20.9. The summed E-state index contributed by atoms with van der Waals surface area (Å²) >= 11 is 0. The normalized spacial score (nSPS) is 15.7. The summed E-state index contributed by atoms with van der Waals surface area (Å²) in [4.78, 5) is 8.13. The van der Waals surface area contributed by atoms with Gasteiger partial charge in [0.15, 0.2) is 11.0 Å². The second kappa shape index (κ2) is 13.2. The SMILES string of the molecule is C1=CC2c3ccc(Oc4cccc(-n5c[n+](-c6ccccc6)c6ccccc65)c4)cc3N(c3nc4ccc5ccc6ccccc6c5c4c4c3ccc3ccccc34)C2C=C1. The minimum atomic E-state index is 0.0535. The van der Waals surface area contributed by atoms with Gasteiger partial charge >= 0.3 is 0 Å². The van der Waals surface area contributed by atoms with Gasteiger partial charge < -0.3 is 9.64 Å². The highest BCUT2D eigenvalue weighted by molar-refractivity contribution is 6.32. The van der Waals surface area contributed by atoms with Crippen LogP contribution in [0.2, 0.25) is 0 Å². The fourth-order valence-electron chi connectivity index (χ4n) is 10.1. The van der Waals surface area contributed by atoms with E-state index in [0.717, 1.165) is 56.3 Å². The molecule has 1 aliphatic heterocycles. The molecule has 3 heterocycles. The van der Waals surface area contributed by atoms with E-state index in [4.69, 9.17) is 9.72 Å². The zero-order valence-electron chi connectivity index (χ0n) is 33.1. The van der Waals surface area contributed by atoms with Crippen LogP contribution in [0.5, 0.6) is 11.5 Å². The average molecular weight is 782 g/mol. The molecule has 0 saturated heterocycles. The number of fused-ring (bicyclic) bond motifs is 13. The first-order chi connectivity index (χ1) is 30.2. The van der Waals surface area contributed by atoms with E-state index < -0.39 is 0 Å². The van der Waals surface area contributed by atoms with Gasteiger partial charge in [0.05, 0.1) is 17.2 Å². The molecule has 13 rings (SSSR count). The van der Waals surface area contributed by atoms with Gasteiger partial charge in [-0.05, 0) is 92.5 Å². The highest BCUT2D eigenvalue weighted by Crippen LogP contribution is 2.52. The van der Waals surface area contributed by atoms with Crippen LogP contribution in [0.25, 0.3) is 76.4 Å². The van der Waals surface area contributed by atoms with Gasteiger partial charge in [-0.1, -0.05) is 140 Å². The van der Waals surface area contributed by atoms with Crippen LogP contribution in [0.1, 0.15) is 11.5 Å². The van der Waals surface area contributed by atoms with E-state index in [9.17, 15) is 0 Å². The maximum absolute atomic E-state index is 6.81. The summed E-state index contributed by atoms with van der Waals surface area (Å²) in [5, 5.41) is 10.9. The molecule has 9 aromatic carbocycles. The predicted molar refractivity (Wildman–Crippen MR) is 250 cm³/mol. The number of allylic oxidation sites excluding steroid dienone is 2. The van der Waals surface area contributed by atoms with E-state index in [2.05, 4.69) is 221 Å². The summed E-state index contributed by atoms with van der Waals surface area (Å²) in [7, 11) is 0. The Labute approximate surface area is 351 Å².